The Morgan fingerprint density at radius 2 is 1.79 bits per heavy atom. The summed E-state index contributed by atoms with van der Waals surface area (Å²) in [7, 11) is 1.52. The standard InChI is InChI=1S/C22H28N2O4/c1-6-7-10-26-20-13-16(2)22(17(3)14-20)28-12-11-27-21-9-8-19(15-23-21)18(4)24-25-5/h6-9,13-15H,10-12H2,1-5H3/b7-6+,24-18+. The molecule has 0 aliphatic rings. The van der Waals surface area contributed by atoms with E-state index in [0.717, 1.165) is 33.9 Å². The summed E-state index contributed by atoms with van der Waals surface area (Å²) in [6, 6.07) is 7.66. The Kier molecular flexibility index (Phi) is 8.34. The van der Waals surface area contributed by atoms with Gasteiger partial charge in [-0.3, -0.25) is 0 Å². The smallest absolute Gasteiger partial charge is 0.213 e. The van der Waals surface area contributed by atoms with Crippen molar-refractivity contribution >= 4 is 5.71 Å². The molecule has 0 saturated carbocycles. The van der Waals surface area contributed by atoms with Crippen molar-refractivity contribution < 1.29 is 19.0 Å². The summed E-state index contributed by atoms with van der Waals surface area (Å²) in [5.41, 5.74) is 3.71. The monoisotopic (exact) mass is 384 g/mol. The zero-order valence-corrected chi connectivity index (χ0v) is 17.2. The van der Waals surface area contributed by atoms with E-state index in [2.05, 4.69) is 10.1 Å². The van der Waals surface area contributed by atoms with E-state index >= 15 is 0 Å². The Morgan fingerprint density at radius 1 is 1.07 bits per heavy atom. The molecule has 0 amide bonds. The lowest BCUT2D eigenvalue weighted by Crippen LogP contribution is -2.11. The average Bonchev–Trinajstić information content (AvgIpc) is 2.67. The zero-order chi connectivity index (χ0) is 20.4. The van der Waals surface area contributed by atoms with Crippen molar-refractivity contribution in [2.75, 3.05) is 26.9 Å². The molecule has 0 spiro atoms. The van der Waals surface area contributed by atoms with Gasteiger partial charge in [-0.15, -0.1) is 0 Å². The largest absolute Gasteiger partial charge is 0.490 e. The number of benzene rings is 1. The van der Waals surface area contributed by atoms with Crippen molar-refractivity contribution in [2.45, 2.75) is 27.7 Å². The molecular formula is C22H28N2O4. The Labute approximate surface area is 166 Å². The van der Waals surface area contributed by atoms with Crippen LogP contribution in [0.4, 0.5) is 0 Å². The van der Waals surface area contributed by atoms with Crippen LogP contribution < -0.4 is 14.2 Å². The normalized spacial score (nSPS) is 11.5. The van der Waals surface area contributed by atoms with E-state index in [-0.39, 0.29) is 0 Å². The molecule has 0 fully saturated rings. The topological polar surface area (TPSA) is 62.2 Å². The van der Waals surface area contributed by atoms with Gasteiger partial charge in [-0.2, -0.15) is 0 Å². The van der Waals surface area contributed by atoms with E-state index in [0.29, 0.717) is 25.7 Å². The van der Waals surface area contributed by atoms with Crippen molar-refractivity contribution in [3.63, 3.8) is 0 Å². The van der Waals surface area contributed by atoms with Crippen LogP contribution in [0.5, 0.6) is 17.4 Å². The minimum Gasteiger partial charge on any atom is -0.490 e. The fourth-order valence-electron chi connectivity index (χ4n) is 2.62. The van der Waals surface area contributed by atoms with Gasteiger partial charge in [0.2, 0.25) is 5.88 Å². The summed E-state index contributed by atoms with van der Waals surface area (Å²) in [6.45, 7) is 9.23. The van der Waals surface area contributed by atoms with Gasteiger partial charge < -0.3 is 19.0 Å². The highest BCUT2D eigenvalue weighted by molar-refractivity contribution is 5.98. The number of pyridine rings is 1. The lowest BCUT2D eigenvalue weighted by Gasteiger charge is -2.14. The van der Waals surface area contributed by atoms with Crippen LogP contribution in [0.25, 0.3) is 0 Å². The Balaban J connectivity index is 1.85. The number of oxime groups is 1. The number of rotatable bonds is 10. The predicted octanol–water partition coefficient (Wildman–Crippen LogP) is 4.48. The Hall–Kier alpha value is -3.02. The van der Waals surface area contributed by atoms with Crippen LogP contribution in [0, 0.1) is 13.8 Å². The van der Waals surface area contributed by atoms with Crippen molar-refractivity contribution in [1.29, 1.82) is 0 Å². The van der Waals surface area contributed by atoms with Gasteiger partial charge in [-0.25, -0.2) is 4.98 Å². The predicted molar refractivity (Wildman–Crippen MR) is 111 cm³/mol. The quantitative estimate of drug-likeness (QED) is 0.262. The third-order valence-corrected chi connectivity index (χ3v) is 3.98. The molecule has 0 aliphatic heterocycles. The van der Waals surface area contributed by atoms with E-state index < -0.39 is 0 Å². The maximum atomic E-state index is 5.91. The van der Waals surface area contributed by atoms with Crippen molar-refractivity contribution in [1.82, 2.24) is 4.98 Å². The van der Waals surface area contributed by atoms with Crippen molar-refractivity contribution in [2.24, 2.45) is 5.16 Å². The van der Waals surface area contributed by atoms with E-state index in [9.17, 15) is 0 Å². The fraction of sp³-hybridized carbons (Fsp3) is 0.364. The molecule has 0 N–H and O–H groups in total. The highest BCUT2D eigenvalue weighted by Gasteiger charge is 2.08. The molecule has 0 unspecified atom stereocenters. The number of aromatic nitrogens is 1. The molecule has 1 aromatic heterocycles. The molecule has 28 heavy (non-hydrogen) atoms. The van der Waals surface area contributed by atoms with Gasteiger partial charge in [0.1, 0.15) is 38.4 Å². The van der Waals surface area contributed by atoms with Crippen LogP contribution >= 0.6 is 0 Å². The van der Waals surface area contributed by atoms with Gasteiger partial charge >= 0.3 is 0 Å². The first-order valence-electron chi connectivity index (χ1n) is 9.20. The van der Waals surface area contributed by atoms with Crippen LogP contribution in [0.15, 0.2) is 47.8 Å². The summed E-state index contributed by atoms with van der Waals surface area (Å²) in [5, 5.41) is 3.88. The average molecular weight is 384 g/mol. The van der Waals surface area contributed by atoms with Gasteiger partial charge in [0.05, 0.1) is 5.71 Å². The van der Waals surface area contributed by atoms with Crippen LogP contribution in [0.2, 0.25) is 0 Å². The first-order chi connectivity index (χ1) is 13.5. The van der Waals surface area contributed by atoms with E-state index in [1.807, 2.05) is 58.0 Å². The van der Waals surface area contributed by atoms with Crippen LogP contribution in [-0.2, 0) is 4.84 Å². The van der Waals surface area contributed by atoms with Crippen molar-refractivity contribution in [3.8, 4) is 17.4 Å². The maximum Gasteiger partial charge on any atom is 0.213 e. The van der Waals surface area contributed by atoms with Gasteiger partial charge in [0.25, 0.3) is 0 Å². The summed E-state index contributed by atoms with van der Waals surface area (Å²) >= 11 is 0. The number of hydrogen-bond acceptors (Lipinski definition) is 6. The van der Waals surface area contributed by atoms with E-state index in [1.54, 1.807) is 12.3 Å². The molecule has 6 heteroatoms. The number of hydrogen-bond donors (Lipinski definition) is 0. The third-order valence-electron chi connectivity index (χ3n) is 3.98. The molecule has 1 heterocycles. The van der Waals surface area contributed by atoms with Gasteiger partial charge in [-0.1, -0.05) is 17.3 Å². The Morgan fingerprint density at radius 3 is 2.39 bits per heavy atom. The minimum absolute atomic E-state index is 0.399. The Bertz CT molecular complexity index is 791. The molecule has 0 radical (unpaired) electrons. The van der Waals surface area contributed by atoms with Crippen LogP contribution in [0.3, 0.4) is 0 Å². The number of ether oxygens (including phenoxy) is 3. The van der Waals surface area contributed by atoms with Crippen LogP contribution in [-0.4, -0.2) is 37.6 Å². The highest BCUT2D eigenvalue weighted by Crippen LogP contribution is 2.28. The second-order valence-electron chi connectivity index (χ2n) is 6.21. The molecule has 6 nitrogen and oxygen atoms in total. The second-order valence-corrected chi connectivity index (χ2v) is 6.21. The molecule has 1 aromatic carbocycles. The lowest BCUT2D eigenvalue weighted by atomic mass is 10.1. The summed E-state index contributed by atoms with van der Waals surface area (Å²) < 4.78 is 17.3. The summed E-state index contributed by atoms with van der Waals surface area (Å²) in [4.78, 5) is 9.03. The molecule has 2 rings (SSSR count). The highest BCUT2D eigenvalue weighted by atomic mass is 16.6. The number of allylic oxidation sites excluding steroid dienone is 1. The second kappa shape index (κ2) is 11.0. The molecule has 0 bridgehead atoms. The molecule has 0 saturated heterocycles. The zero-order valence-electron chi connectivity index (χ0n) is 17.2. The first kappa shape index (κ1) is 21.3. The van der Waals surface area contributed by atoms with E-state index in [1.165, 1.54) is 7.11 Å². The molecular weight excluding hydrogens is 356 g/mol. The molecule has 2 aromatic rings. The van der Waals surface area contributed by atoms with Gasteiger partial charge in [-0.05, 0) is 57.0 Å². The third kappa shape index (κ3) is 6.30. The SMILES string of the molecule is C/C=C/COc1cc(C)c(OCCOc2ccc(/C(C)=N/OC)cn2)c(C)c1. The van der Waals surface area contributed by atoms with Crippen molar-refractivity contribution in [3.05, 3.63) is 59.3 Å². The molecule has 0 atom stereocenters. The first-order valence-corrected chi connectivity index (χ1v) is 9.20. The molecule has 150 valence electrons. The summed E-state index contributed by atoms with van der Waals surface area (Å²) in [5.74, 6) is 2.24. The number of nitrogens with zero attached hydrogens (tertiary/aromatic N) is 2. The van der Waals surface area contributed by atoms with E-state index in [4.69, 9.17) is 19.0 Å². The van der Waals surface area contributed by atoms with Gasteiger partial charge in [0, 0.05) is 17.8 Å². The maximum absolute atomic E-state index is 5.91. The van der Waals surface area contributed by atoms with Crippen LogP contribution in [0.1, 0.15) is 30.5 Å². The fourth-order valence-corrected chi connectivity index (χ4v) is 2.62. The van der Waals surface area contributed by atoms with Gasteiger partial charge in [0.15, 0.2) is 0 Å². The summed E-state index contributed by atoms with van der Waals surface area (Å²) in [6.07, 6.45) is 5.64. The molecule has 0 aliphatic carbocycles. The minimum atomic E-state index is 0.399. The lowest BCUT2D eigenvalue weighted by molar-refractivity contribution is 0.210. The number of aryl methyl sites for hydroxylation is 2.